The molecule has 19 rings (SSSR count). The minimum Gasteiger partial charge on any atom is -0.468 e. The summed E-state index contributed by atoms with van der Waals surface area (Å²) in [6, 6.07) is 90.9. The molecule has 0 radical (unpaired) electrons. The molecule has 0 saturated heterocycles. The smallest absolute Gasteiger partial charge is 0.297 e. The molecule has 89 heavy (non-hydrogen) atoms. The molecule has 0 atom stereocenters. The van der Waals surface area contributed by atoms with Crippen LogP contribution in [0.3, 0.4) is 0 Å². The van der Waals surface area contributed by atoms with Crippen molar-refractivity contribution >= 4 is 146 Å². The summed E-state index contributed by atoms with van der Waals surface area (Å²) in [5.74, 6) is 2.70. The summed E-state index contributed by atoms with van der Waals surface area (Å²) in [5, 5.41) is 2.50. The zero-order chi connectivity index (χ0) is 58.3. The molecule has 4 aliphatic heterocycles. The second-order valence-electron chi connectivity index (χ2n) is 25.5. The van der Waals surface area contributed by atoms with E-state index >= 15 is 0 Å². The van der Waals surface area contributed by atoms with Crippen LogP contribution in [-0.4, -0.2) is 13.4 Å². The predicted molar refractivity (Wildman–Crippen MR) is 374 cm³/mol. The molecule has 426 valence electrons. The molecule has 0 bridgehead atoms. The average molecular weight is 1170 g/mol. The van der Waals surface area contributed by atoms with Gasteiger partial charge in [-0.2, -0.15) is 0 Å². The fourth-order valence-corrected chi connectivity index (χ4v) is 17.7. The molecule has 6 nitrogen and oxygen atoms in total. The number of rotatable bonds is 8. The first-order valence-corrected chi connectivity index (χ1v) is 33.2. The number of anilines is 12. The summed E-state index contributed by atoms with van der Waals surface area (Å²) in [5.41, 5.74) is 26.0. The lowest BCUT2D eigenvalue weighted by Crippen LogP contribution is -2.61. The van der Waals surface area contributed by atoms with E-state index in [9.17, 15) is 0 Å². The van der Waals surface area contributed by atoms with Crippen LogP contribution >= 0.6 is 11.3 Å². The van der Waals surface area contributed by atoms with Crippen LogP contribution in [0.2, 0.25) is 0 Å². The lowest BCUT2D eigenvalue weighted by atomic mass is 9.35. The molecule has 0 N–H and O–H groups in total. The summed E-state index contributed by atoms with van der Waals surface area (Å²) in [4.78, 5) is 10.2. The summed E-state index contributed by atoms with van der Waals surface area (Å²) >= 11 is 1.92. The quantitative estimate of drug-likeness (QED) is 0.141. The Bertz CT molecular complexity index is 4590. The van der Waals surface area contributed by atoms with Gasteiger partial charge in [0.05, 0.1) is 22.7 Å². The van der Waals surface area contributed by atoms with Gasteiger partial charge in [-0.25, -0.2) is 0 Å². The van der Waals surface area contributed by atoms with Crippen molar-refractivity contribution in [1.82, 2.24) is 0 Å². The normalized spacial score (nSPS) is 15.9. The predicted octanol–water partition coefficient (Wildman–Crippen LogP) is 18.8. The molecule has 3 aromatic heterocycles. The van der Waals surface area contributed by atoms with E-state index in [-0.39, 0.29) is 13.4 Å². The number of furan rings is 2. The second kappa shape index (κ2) is 20.4. The van der Waals surface area contributed by atoms with E-state index in [0.717, 1.165) is 68.1 Å². The molecule has 9 heteroatoms. The van der Waals surface area contributed by atoms with Crippen LogP contribution in [0.25, 0.3) is 42.8 Å². The van der Waals surface area contributed by atoms with Gasteiger partial charge in [-0.3, -0.25) is 0 Å². The zero-order valence-electron chi connectivity index (χ0n) is 49.5. The molecule has 2 aliphatic carbocycles. The van der Waals surface area contributed by atoms with E-state index in [1.54, 1.807) is 0 Å². The van der Waals surface area contributed by atoms with Gasteiger partial charge < -0.3 is 28.4 Å². The Morgan fingerprint density at radius 3 is 0.966 bits per heavy atom. The van der Waals surface area contributed by atoms with Crippen LogP contribution in [0.15, 0.2) is 251 Å². The van der Waals surface area contributed by atoms with Crippen LogP contribution in [-0.2, 0) is 0 Å². The van der Waals surface area contributed by atoms with Crippen LogP contribution in [0, 0.1) is 0 Å². The SMILES string of the molecule is c1ccc(-c2cc3c(o2)B2c4cc5c(cc4N(c4ccccc4)c4cc(C6CCCCC6)cc(c42)N3c2ccccc2)sc2cc3c(cc25)B2c4oc(-c5ccccc5)cc4N(c4ccccc4)c4cc(C5CCCCC5)cc(c42)N3c2ccccc2)cc1. The Morgan fingerprint density at radius 1 is 0.315 bits per heavy atom. The van der Waals surface area contributed by atoms with E-state index in [1.165, 1.54) is 151 Å². The zero-order valence-corrected chi connectivity index (χ0v) is 50.3. The number of hydrogen-bond acceptors (Lipinski definition) is 7. The molecule has 0 amide bonds. The molecular weight excluding hydrogens is 1100 g/mol. The van der Waals surface area contributed by atoms with E-state index < -0.39 is 0 Å². The van der Waals surface area contributed by atoms with Gasteiger partial charge in [-0.1, -0.05) is 184 Å². The minimum atomic E-state index is -0.203. The fourth-order valence-electron chi connectivity index (χ4n) is 16.5. The van der Waals surface area contributed by atoms with Crippen LogP contribution in [0.4, 0.5) is 68.2 Å². The van der Waals surface area contributed by atoms with Crippen molar-refractivity contribution in [3.8, 4) is 22.6 Å². The lowest BCUT2D eigenvalue weighted by Gasteiger charge is -2.43. The van der Waals surface area contributed by atoms with Crippen molar-refractivity contribution in [1.29, 1.82) is 0 Å². The Morgan fingerprint density at radius 2 is 0.629 bits per heavy atom. The number of nitrogens with zero attached hydrogens (tertiary/aromatic N) is 4. The largest absolute Gasteiger partial charge is 0.468 e. The first-order chi connectivity index (χ1) is 44.1. The first kappa shape index (κ1) is 51.4. The highest BCUT2D eigenvalue weighted by atomic mass is 32.1. The van der Waals surface area contributed by atoms with E-state index in [1.807, 2.05) is 11.3 Å². The fraction of sp³-hybridized carbons (Fsp3) is 0.150. The lowest BCUT2D eigenvalue weighted by molar-refractivity contribution is 0.444. The van der Waals surface area contributed by atoms with Crippen molar-refractivity contribution in [3.63, 3.8) is 0 Å². The highest BCUT2D eigenvalue weighted by Crippen LogP contribution is 2.53. The van der Waals surface area contributed by atoms with Crippen molar-refractivity contribution in [2.75, 3.05) is 19.6 Å². The van der Waals surface area contributed by atoms with Crippen molar-refractivity contribution in [2.45, 2.75) is 76.0 Å². The van der Waals surface area contributed by atoms with Gasteiger partial charge in [0, 0.05) is 89.5 Å². The summed E-state index contributed by atoms with van der Waals surface area (Å²) < 4.78 is 17.5. The summed E-state index contributed by atoms with van der Waals surface area (Å²) in [6.07, 6.45) is 12.5. The number of para-hydroxylation sites is 4. The van der Waals surface area contributed by atoms with E-state index in [4.69, 9.17) is 8.83 Å². The van der Waals surface area contributed by atoms with Gasteiger partial charge in [0.1, 0.15) is 11.5 Å². The molecule has 2 saturated carbocycles. The maximum Gasteiger partial charge on any atom is 0.297 e. The van der Waals surface area contributed by atoms with Gasteiger partial charge in [-0.05, 0) is 166 Å². The molecule has 7 heterocycles. The minimum absolute atomic E-state index is 0.203. The topological polar surface area (TPSA) is 39.2 Å². The Hall–Kier alpha value is -9.69. The Labute approximate surface area is 524 Å². The van der Waals surface area contributed by atoms with Gasteiger partial charge in [0.15, 0.2) is 0 Å². The molecular formula is C80H62B2N4O2S. The maximum absolute atomic E-state index is 7.50. The van der Waals surface area contributed by atoms with E-state index in [0.29, 0.717) is 11.8 Å². The van der Waals surface area contributed by atoms with Gasteiger partial charge in [-0.15, -0.1) is 11.3 Å². The van der Waals surface area contributed by atoms with Gasteiger partial charge in [0.25, 0.3) is 13.4 Å². The number of benzene rings is 10. The third-order valence-corrected chi connectivity index (χ3v) is 21.7. The summed E-state index contributed by atoms with van der Waals surface area (Å²) in [6.45, 7) is -0.406. The molecule has 0 spiro atoms. The van der Waals surface area contributed by atoms with Crippen molar-refractivity contribution < 1.29 is 8.83 Å². The van der Waals surface area contributed by atoms with Gasteiger partial charge >= 0.3 is 0 Å². The number of hydrogen-bond donors (Lipinski definition) is 0. The molecule has 10 aromatic carbocycles. The number of thiophene rings is 1. The second-order valence-corrected chi connectivity index (χ2v) is 26.6. The third kappa shape index (κ3) is 8.03. The monoisotopic (exact) mass is 1160 g/mol. The molecule has 0 unspecified atom stereocenters. The summed E-state index contributed by atoms with van der Waals surface area (Å²) in [7, 11) is 0. The molecule has 6 aliphatic rings. The highest BCUT2D eigenvalue weighted by molar-refractivity contribution is 7.26. The number of fused-ring (bicyclic) bond motifs is 11. The standard InChI is InChI=1S/C80H62B2N4O2S/c1-9-25-51(26-10-1)55-41-67-77-69(43-55)85(59-37-21-7-22-38-59)71-47-73(53-29-13-3-14-30-53)87-79(71)81(77)63-45-61-62-46-64-66(50-76(62)89-75(61)49-65(63)83(67)57-33-17-5-18-34-57)84(58-35-19-6-20-36-58)68-42-56(52-27-11-2-12-28-52)44-70-78(68)82(64)80-72(86(70)60-39-23-8-24-40-60)48-74(88-80)54-31-15-4-16-32-54/h3-8,13-24,29-52H,1-2,9-12,25-28H2. The average Bonchev–Trinajstić information content (AvgIpc) is 1.70. The van der Waals surface area contributed by atoms with E-state index in [2.05, 4.69) is 262 Å². The first-order valence-electron chi connectivity index (χ1n) is 32.3. The molecule has 13 aromatic rings. The van der Waals surface area contributed by atoms with Gasteiger partial charge in [0.2, 0.25) is 0 Å². The third-order valence-electron chi connectivity index (χ3n) is 20.5. The van der Waals surface area contributed by atoms with Crippen LogP contribution in [0.5, 0.6) is 0 Å². The van der Waals surface area contributed by atoms with Crippen LogP contribution < -0.4 is 52.8 Å². The van der Waals surface area contributed by atoms with Crippen LogP contribution in [0.1, 0.15) is 87.2 Å². The van der Waals surface area contributed by atoms with Crippen molar-refractivity contribution in [3.05, 3.63) is 254 Å². The maximum atomic E-state index is 7.50. The van der Waals surface area contributed by atoms with Crippen molar-refractivity contribution in [2.24, 2.45) is 0 Å². The highest BCUT2D eigenvalue weighted by Gasteiger charge is 2.49. The molecule has 2 fully saturated rings. The Balaban J connectivity index is 0.891. The Kier molecular flexibility index (Phi) is 11.8.